The van der Waals surface area contributed by atoms with Crippen LogP contribution in [0.1, 0.15) is 25.7 Å². The van der Waals surface area contributed by atoms with E-state index >= 15 is 0 Å². The highest BCUT2D eigenvalue weighted by atomic mass is 79.9. The first-order valence-electron chi connectivity index (χ1n) is 7.32. The summed E-state index contributed by atoms with van der Waals surface area (Å²) >= 11 is 4.99. The molecule has 22 heavy (non-hydrogen) atoms. The Kier molecular flexibility index (Phi) is 4.96. The van der Waals surface area contributed by atoms with Crippen molar-refractivity contribution in [1.29, 1.82) is 0 Å². The van der Waals surface area contributed by atoms with Gasteiger partial charge in [0.25, 0.3) is 0 Å². The van der Waals surface area contributed by atoms with Gasteiger partial charge in [-0.2, -0.15) is 0 Å². The maximum atomic E-state index is 12.1. The molecule has 0 amide bonds. The number of hydrogen-bond donors (Lipinski definition) is 1. The van der Waals surface area contributed by atoms with Crippen molar-refractivity contribution >= 4 is 43.5 Å². The van der Waals surface area contributed by atoms with E-state index < -0.39 is 10.0 Å². The largest absolute Gasteiger partial charge is 0.354 e. The van der Waals surface area contributed by atoms with Crippen molar-refractivity contribution in [2.75, 3.05) is 24.2 Å². The third-order valence-corrected chi connectivity index (χ3v) is 7.03. The summed E-state index contributed by atoms with van der Waals surface area (Å²) in [5.74, 6) is 0.842. The number of rotatable bonds is 5. The molecule has 0 spiro atoms. The Balaban J connectivity index is 1.72. The number of anilines is 1. The van der Waals surface area contributed by atoms with Crippen molar-refractivity contribution in [2.24, 2.45) is 0 Å². The Labute approximate surface area is 143 Å². The van der Waals surface area contributed by atoms with Crippen molar-refractivity contribution in [3.05, 3.63) is 10.7 Å². The third kappa shape index (κ3) is 3.74. The molecule has 2 aliphatic rings. The molecule has 1 saturated heterocycles. The van der Waals surface area contributed by atoms with Crippen molar-refractivity contribution in [1.82, 2.24) is 14.7 Å². The molecule has 2 heterocycles. The molecule has 6 nitrogen and oxygen atoms in total. The number of halogens is 1. The molecule has 2 fully saturated rings. The van der Waals surface area contributed by atoms with Crippen LogP contribution in [-0.4, -0.2) is 49.0 Å². The molecule has 1 atom stereocenters. The quantitative estimate of drug-likeness (QED) is 0.595. The van der Waals surface area contributed by atoms with Crippen molar-refractivity contribution in [3.63, 3.8) is 0 Å². The van der Waals surface area contributed by atoms with Crippen LogP contribution in [-0.2, 0) is 10.0 Å². The summed E-state index contributed by atoms with van der Waals surface area (Å²) < 4.78 is 27.9. The van der Waals surface area contributed by atoms with Crippen LogP contribution in [0.4, 0.5) is 5.82 Å². The lowest BCUT2D eigenvalue weighted by Gasteiger charge is -2.34. The summed E-state index contributed by atoms with van der Waals surface area (Å²) in [6, 6.07) is -0.0426. The van der Waals surface area contributed by atoms with Crippen molar-refractivity contribution in [3.8, 4) is 0 Å². The topological polar surface area (TPSA) is 75.2 Å². The molecule has 1 N–H and O–H groups in total. The van der Waals surface area contributed by atoms with Gasteiger partial charge < -0.3 is 4.90 Å². The van der Waals surface area contributed by atoms with Crippen LogP contribution in [0, 0.1) is 0 Å². The Hall–Kier alpha value is -0.380. The van der Waals surface area contributed by atoms with Crippen molar-refractivity contribution in [2.45, 2.75) is 42.1 Å². The fourth-order valence-electron chi connectivity index (χ4n) is 2.64. The zero-order valence-electron chi connectivity index (χ0n) is 12.3. The number of nitrogens with zero attached hydrogens (tertiary/aromatic N) is 3. The van der Waals surface area contributed by atoms with Gasteiger partial charge in [0.2, 0.25) is 10.0 Å². The molecule has 0 radical (unpaired) electrons. The number of thioether (sulfide) groups is 1. The third-order valence-electron chi connectivity index (χ3n) is 3.90. The molecule has 3 rings (SSSR count). The zero-order chi connectivity index (χ0) is 15.7. The Bertz CT molecular complexity index is 651. The second-order valence-electron chi connectivity index (χ2n) is 5.68. The van der Waals surface area contributed by atoms with Crippen LogP contribution in [0.2, 0.25) is 0 Å². The van der Waals surface area contributed by atoms with Gasteiger partial charge in [0.05, 0.1) is 9.72 Å². The van der Waals surface area contributed by atoms with Gasteiger partial charge in [-0.25, -0.2) is 23.1 Å². The maximum Gasteiger partial charge on any atom is 0.214 e. The predicted molar refractivity (Wildman–Crippen MR) is 91.8 cm³/mol. The number of piperidine rings is 1. The van der Waals surface area contributed by atoms with Crippen LogP contribution >= 0.6 is 27.7 Å². The minimum atomic E-state index is -3.14. The summed E-state index contributed by atoms with van der Waals surface area (Å²) in [5.41, 5.74) is 0. The summed E-state index contributed by atoms with van der Waals surface area (Å²) in [4.78, 5) is 10.9. The van der Waals surface area contributed by atoms with E-state index in [1.807, 2.05) is 6.26 Å². The lowest BCUT2D eigenvalue weighted by atomic mass is 10.1. The van der Waals surface area contributed by atoms with Crippen LogP contribution in [0.5, 0.6) is 0 Å². The first kappa shape index (κ1) is 16.5. The fourth-order valence-corrected chi connectivity index (χ4v) is 5.02. The van der Waals surface area contributed by atoms with Gasteiger partial charge in [-0.05, 0) is 47.9 Å². The molecular weight excluding hydrogens is 388 g/mol. The molecule has 1 unspecified atom stereocenters. The number of nitrogens with one attached hydrogen (secondary N) is 1. The normalized spacial score (nSPS) is 22.8. The highest BCUT2D eigenvalue weighted by Crippen LogP contribution is 2.30. The molecule has 1 aliphatic heterocycles. The van der Waals surface area contributed by atoms with Crippen LogP contribution in [0.25, 0.3) is 0 Å². The Morgan fingerprint density at radius 2 is 2.18 bits per heavy atom. The highest BCUT2D eigenvalue weighted by Gasteiger charge is 2.37. The fraction of sp³-hybridized carbons (Fsp3) is 0.692. The van der Waals surface area contributed by atoms with E-state index in [2.05, 4.69) is 35.5 Å². The first-order valence-corrected chi connectivity index (χ1v) is 10.9. The van der Waals surface area contributed by atoms with Gasteiger partial charge >= 0.3 is 0 Å². The summed E-state index contributed by atoms with van der Waals surface area (Å²) in [7, 11) is -3.14. The monoisotopic (exact) mass is 406 g/mol. The van der Waals surface area contributed by atoms with Crippen molar-refractivity contribution < 1.29 is 8.42 Å². The number of sulfonamides is 1. The van der Waals surface area contributed by atoms with Gasteiger partial charge in [-0.3, -0.25) is 0 Å². The second kappa shape index (κ2) is 6.62. The molecule has 1 aromatic heterocycles. The van der Waals surface area contributed by atoms with E-state index in [9.17, 15) is 8.42 Å². The minimum Gasteiger partial charge on any atom is -0.354 e. The van der Waals surface area contributed by atoms with E-state index in [0.29, 0.717) is 6.54 Å². The standard InChI is InChI=1S/C13H19BrN4O2S2/c1-21-13-15-7-11(14)12(16-13)18-6-2-3-9(8-18)17-22(19,20)10-4-5-10/h7,9-10,17H,2-6,8H2,1H3. The van der Waals surface area contributed by atoms with E-state index in [1.54, 1.807) is 6.20 Å². The molecule has 1 aromatic rings. The second-order valence-corrected chi connectivity index (χ2v) is 9.30. The van der Waals surface area contributed by atoms with Gasteiger partial charge in [-0.1, -0.05) is 11.8 Å². The smallest absolute Gasteiger partial charge is 0.214 e. The lowest BCUT2D eigenvalue weighted by Crippen LogP contribution is -2.48. The minimum absolute atomic E-state index is 0.0426. The van der Waals surface area contributed by atoms with Gasteiger partial charge in [0.15, 0.2) is 5.16 Å². The summed E-state index contributed by atoms with van der Waals surface area (Å²) in [5, 5.41) is 0.552. The van der Waals surface area contributed by atoms with Gasteiger partial charge in [0, 0.05) is 25.3 Å². The Morgan fingerprint density at radius 3 is 2.86 bits per heavy atom. The average molecular weight is 407 g/mol. The predicted octanol–water partition coefficient (Wildman–Crippen LogP) is 2.01. The van der Waals surface area contributed by atoms with E-state index in [1.165, 1.54) is 11.8 Å². The molecule has 122 valence electrons. The van der Waals surface area contributed by atoms with Gasteiger partial charge in [0.1, 0.15) is 5.82 Å². The number of aromatic nitrogens is 2. The molecule has 9 heteroatoms. The van der Waals surface area contributed by atoms with Crippen LogP contribution < -0.4 is 9.62 Å². The molecule has 1 aliphatic carbocycles. The van der Waals surface area contributed by atoms with Gasteiger partial charge in [-0.15, -0.1) is 0 Å². The summed E-state index contributed by atoms with van der Waals surface area (Å²) in [6.07, 6.45) is 7.10. The van der Waals surface area contributed by atoms with Crippen LogP contribution in [0.15, 0.2) is 15.8 Å². The first-order chi connectivity index (χ1) is 10.5. The van der Waals surface area contributed by atoms with E-state index in [0.717, 1.165) is 47.7 Å². The van der Waals surface area contributed by atoms with Crippen LogP contribution in [0.3, 0.4) is 0 Å². The maximum absolute atomic E-state index is 12.1. The number of hydrogen-bond acceptors (Lipinski definition) is 6. The Morgan fingerprint density at radius 1 is 1.41 bits per heavy atom. The summed E-state index contributed by atoms with van der Waals surface area (Å²) in [6.45, 7) is 1.53. The lowest BCUT2D eigenvalue weighted by molar-refractivity contribution is 0.462. The molecule has 0 bridgehead atoms. The average Bonchev–Trinajstić information content (AvgIpc) is 3.33. The SMILES string of the molecule is CSc1ncc(Br)c(N2CCCC(NS(=O)(=O)C3CC3)C2)n1. The van der Waals surface area contributed by atoms with E-state index in [4.69, 9.17) is 0 Å². The molecule has 0 aromatic carbocycles. The highest BCUT2D eigenvalue weighted by molar-refractivity contribution is 9.10. The zero-order valence-corrected chi connectivity index (χ0v) is 15.5. The van der Waals surface area contributed by atoms with E-state index in [-0.39, 0.29) is 11.3 Å². The molecular formula is C13H19BrN4O2S2. The molecule has 1 saturated carbocycles.